The molecule has 0 spiro atoms. The molecular weight excluding hydrogens is 461 g/mol. The van der Waals surface area contributed by atoms with Crippen LogP contribution in [0.4, 0.5) is 5.69 Å². The summed E-state index contributed by atoms with van der Waals surface area (Å²) in [5, 5.41) is 11.5. The minimum absolute atomic E-state index is 0. The van der Waals surface area contributed by atoms with Gasteiger partial charge in [0.2, 0.25) is 5.91 Å². The second-order valence-electron chi connectivity index (χ2n) is 7.77. The molecule has 0 saturated heterocycles. The fourth-order valence-corrected chi connectivity index (χ4v) is 3.77. The van der Waals surface area contributed by atoms with E-state index in [0.29, 0.717) is 22.8 Å². The molecule has 1 fully saturated rings. The maximum atomic E-state index is 13.0. The summed E-state index contributed by atoms with van der Waals surface area (Å²) in [6.07, 6.45) is 7.04. The fourth-order valence-electron chi connectivity index (χ4n) is 3.57. The van der Waals surface area contributed by atoms with Crippen LogP contribution in [0.1, 0.15) is 28.8 Å². The van der Waals surface area contributed by atoms with E-state index in [9.17, 15) is 9.59 Å². The van der Waals surface area contributed by atoms with Crippen LogP contribution < -0.4 is 10.6 Å². The molecule has 2 aromatic carbocycles. The van der Waals surface area contributed by atoms with Crippen LogP contribution in [0.5, 0.6) is 0 Å². The number of carbonyl (C=O) groups excluding carboxylic acids is 2. The molecule has 1 aliphatic rings. The number of amides is 2. The van der Waals surface area contributed by atoms with Crippen LogP contribution in [0.25, 0.3) is 16.6 Å². The molecule has 0 bridgehead atoms. The lowest BCUT2D eigenvalue weighted by atomic mass is 10.1. The van der Waals surface area contributed by atoms with Crippen LogP contribution in [-0.2, 0) is 11.3 Å². The summed E-state index contributed by atoms with van der Waals surface area (Å²) < 4.78 is 1.77. The van der Waals surface area contributed by atoms with Crippen LogP contribution in [0.15, 0.2) is 67.1 Å². The van der Waals surface area contributed by atoms with Gasteiger partial charge in [0.1, 0.15) is 0 Å². The van der Waals surface area contributed by atoms with Crippen molar-refractivity contribution in [2.24, 2.45) is 5.92 Å². The number of nitrogens with zero attached hydrogens (tertiary/aromatic N) is 3. The number of halogens is 2. The van der Waals surface area contributed by atoms with E-state index < -0.39 is 0 Å². The van der Waals surface area contributed by atoms with Crippen molar-refractivity contribution in [1.82, 2.24) is 20.1 Å². The standard InChI is InChI=1S/C24H20ClN5O2.ClH/c25-20-9-6-15(12-27-23(31)16-7-8-16)11-18(20)24(32)29-21-4-1-5-22-19(21)14-28-30(22)17-3-2-10-26-13-17;/h1-6,9-11,13-14,16H,7-8,12H2,(H,27,31)(H,29,32);1H. The van der Waals surface area contributed by atoms with E-state index in [1.54, 1.807) is 35.4 Å². The highest BCUT2D eigenvalue weighted by atomic mass is 35.5. The Morgan fingerprint density at radius 2 is 1.94 bits per heavy atom. The van der Waals surface area contributed by atoms with E-state index in [2.05, 4.69) is 20.7 Å². The Hall–Kier alpha value is -3.42. The van der Waals surface area contributed by atoms with Crippen molar-refractivity contribution < 1.29 is 9.59 Å². The zero-order chi connectivity index (χ0) is 22.1. The monoisotopic (exact) mass is 481 g/mol. The zero-order valence-electron chi connectivity index (χ0n) is 17.5. The van der Waals surface area contributed by atoms with Gasteiger partial charge < -0.3 is 10.6 Å². The van der Waals surface area contributed by atoms with Crippen LogP contribution >= 0.6 is 24.0 Å². The molecule has 0 radical (unpaired) electrons. The second kappa shape index (κ2) is 9.60. The van der Waals surface area contributed by atoms with Gasteiger partial charge in [-0.15, -0.1) is 12.4 Å². The van der Waals surface area contributed by atoms with Crippen molar-refractivity contribution in [3.8, 4) is 5.69 Å². The van der Waals surface area contributed by atoms with Crippen molar-refractivity contribution in [3.05, 3.63) is 83.3 Å². The van der Waals surface area contributed by atoms with E-state index in [0.717, 1.165) is 35.0 Å². The third-order valence-electron chi connectivity index (χ3n) is 5.44. The number of fused-ring (bicyclic) bond motifs is 1. The molecule has 2 amide bonds. The lowest BCUT2D eigenvalue weighted by molar-refractivity contribution is -0.122. The quantitative estimate of drug-likeness (QED) is 0.414. The molecule has 2 heterocycles. The van der Waals surface area contributed by atoms with Crippen LogP contribution in [0, 0.1) is 5.92 Å². The van der Waals surface area contributed by atoms with Gasteiger partial charge in [0.15, 0.2) is 0 Å². The molecule has 2 N–H and O–H groups in total. The topological polar surface area (TPSA) is 88.9 Å². The maximum absolute atomic E-state index is 13.0. The molecule has 2 aromatic heterocycles. The first kappa shape index (κ1) is 22.8. The summed E-state index contributed by atoms with van der Waals surface area (Å²) in [7, 11) is 0. The molecule has 9 heteroatoms. The normalized spacial score (nSPS) is 12.8. The summed E-state index contributed by atoms with van der Waals surface area (Å²) in [5.41, 5.74) is 3.47. The summed E-state index contributed by atoms with van der Waals surface area (Å²) in [6.45, 7) is 0.361. The summed E-state index contributed by atoms with van der Waals surface area (Å²) in [4.78, 5) is 29.1. The van der Waals surface area contributed by atoms with Gasteiger partial charge in [0.25, 0.3) is 5.91 Å². The molecule has 5 rings (SSSR count). The predicted molar refractivity (Wildman–Crippen MR) is 130 cm³/mol. The molecular formula is C24H21Cl2N5O2. The van der Waals surface area contributed by atoms with Gasteiger partial charge in [-0.25, -0.2) is 4.68 Å². The number of hydrogen-bond acceptors (Lipinski definition) is 4. The lowest BCUT2D eigenvalue weighted by Gasteiger charge is -2.11. The van der Waals surface area contributed by atoms with E-state index in [1.807, 2.05) is 36.4 Å². The summed E-state index contributed by atoms with van der Waals surface area (Å²) in [6, 6.07) is 14.6. The van der Waals surface area contributed by atoms with Gasteiger partial charge in [0, 0.05) is 24.0 Å². The Kier molecular flexibility index (Phi) is 6.62. The van der Waals surface area contributed by atoms with E-state index >= 15 is 0 Å². The number of aromatic nitrogens is 3. The molecule has 0 unspecified atom stereocenters. The number of hydrogen-bond donors (Lipinski definition) is 2. The van der Waals surface area contributed by atoms with Crippen LogP contribution in [0.3, 0.4) is 0 Å². The Bertz CT molecular complexity index is 1320. The van der Waals surface area contributed by atoms with Crippen molar-refractivity contribution in [3.63, 3.8) is 0 Å². The molecule has 0 atom stereocenters. The first-order valence-electron chi connectivity index (χ1n) is 10.3. The smallest absolute Gasteiger partial charge is 0.257 e. The van der Waals surface area contributed by atoms with Crippen molar-refractivity contribution in [2.45, 2.75) is 19.4 Å². The predicted octanol–water partition coefficient (Wildman–Crippen LogP) is 4.77. The first-order chi connectivity index (χ1) is 15.6. The number of benzene rings is 2. The number of carbonyl (C=O) groups is 2. The van der Waals surface area contributed by atoms with Gasteiger partial charge >= 0.3 is 0 Å². The Labute approximate surface area is 201 Å². The van der Waals surface area contributed by atoms with E-state index in [4.69, 9.17) is 11.6 Å². The minimum atomic E-state index is -0.327. The maximum Gasteiger partial charge on any atom is 0.257 e. The van der Waals surface area contributed by atoms with E-state index in [1.165, 1.54) is 0 Å². The molecule has 0 aliphatic heterocycles. The zero-order valence-corrected chi connectivity index (χ0v) is 19.1. The van der Waals surface area contributed by atoms with Crippen LogP contribution in [-0.4, -0.2) is 26.6 Å². The Morgan fingerprint density at radius 1 is 1.09 bits per heavy atom. The molecule has 168 valence electrons. The average Bonchev–Trinajstić information content (AvgIpc) is 3.58. The Balaban J connectivity index is 0.00000259. The van der Waals surface area contributed by atoms with Gasteiger partial charge in [-0.05, 0) is 54.8 Å². The highest BCUT2D eigenvalue weighted by molar-refractivity contribution is 6.34. The SMILES string of the molecule is Cl.O=C(Nc1cccc2c1cnn2-c1cccnc1)c1cc(CNC(=O)C2CC2)ccc1Cl. The summed E-state index contributed by atoms with van der Waals surface area (Å²) >= 11 is 6.31. The van der Waals surface area contributed by atoms with Gasteiger partial charge in [-0.1, -0.05) is 23.7 Å². The minimum Gasteiger partial charge on any atom is -0.352 e. The first-order valence-corrected chi connectivity index (χ1v) is 10.7. The number of anilines is 1. The largest absolute Gasteiger partial charge is 0.352 e. The molecule has 7 nitrogen and oxygen atoms in total. The molecule has 33 heavy (non-hydrogen) atoms. The van der Waals surface area contributed by atoms with Gasteiger partial charge in [-0.3, -0.25) is 14.6 Å². The third-order valence-corrected chi connectivity index (χ3v) is 5.77. The van der Waals surface area contributed by atoms with Gasteiger partial charge in [-0.2, -0.15) is 5.10 Å². The molecule has 1 aliphatic carbocycles. The average molecular weight is 482 g/mol. The highest BCUT2D eigenvalue weighted by Gasteiger charge is 2.29. The number of pyridine rings is 1. The molecule has 1 saturated carbocycles. The number of nitrogens with one attached hydrogen (secondary N) is 2. The van der Waals surface area contributed by atoms with E-state index in [-0.39, 0.29) is 30.1 Å². The fraction of sp³-hybridized carbons (Fsp3) is 0.167. The number of rotatable bonds is 6. The third kappa shape index (κ3) is 4.84. The second-order valence-corrected chi connectivity index (χ2v) is 8.17. The van der Waals surface area contributed by atoms with Gasteiger partial charge in [0.05, 0.1) is 39.9 Å². The van der Waals surface area contributed by atoms with Crippen molar-refractivity contribution in [2.75, 3.05) is 5.32 Å². The summed E-state index contributed by atoms with van der Waals surface area (Å²) in [5.74, 6) is -0.131. The van der Waals surface area contributed by atoms with Crippen molar-refractivity contribution >= 4 is 52.4 Å². The highest BCUT2D eigenvalue weighted by Crippen LogP contribution is 2.29. The molecule has 4 aromatic rings. The van der Waals surface area contributed by atoms with Crippen LogP contribution in [0.2, 0.25) is 5.02 Å². The lowest BCUT2D eigenvalue weighted by Crippen LogP contribution is -2.24. The Morgan fingerprint density at radius 3 is 2.70 bits per heavy atom. The van der Waals surface area contributed by atoms with Crippen molar-refractivity contribution in [1.29, 1.82) is 0 Å².